The van der Waals surface area contributed by atoms with Gasteiger partial charge in [0.2, 0.25) is 0 Å². The van der Waals surface area contributed by atoms with Crippen LogP contribution in [-0.2, 0) is 16.0 Å². The van der Waals surface area contributed by atoms with Gasteiger partial charge in [0.1, 0.15) is 12.0 Å². The minimum atomic E-state index is -0.859. The second-order valence-corrected chi connectivity index (χ2v) is 3.28. The number of aliphatic hydroxyl groups is 1. The van der Waals surface area contributed by atoms with Gasteiger partial charge in [-0.05, 0) is 17.7 Å². The molecule has 16 heavy (non-hydrogen) atoms. The van der Waals surface area contributed by atoms with Gasteiger partial charge in [-0.15, -0.1) is 0 Å². The molecule has 0 saturated heterocycles. The number of carbonyl (C=O) groups is 1. The van der Waals surface area contributed by atoms with Crippen molar-refractivity contribution in [1.82, 2.24) is 0 Å². The molecule has 0 aromatic heterocycles. The van der Waals surface area contributed by atoms with Gasteiger partial charge in [-0.2, -0.15) is 0 Å². The van der Waals surface area contributed by atoms with Crippen molar-refractivity contribution >= 4 is 5.97 Å². The van der Waals surface area contributed by atoms with Gasteiger partial charge in [-0.3, -0.25) is 0 Å². The summed E-state index contributed by atoms with van der Waals surface area (Å²) in [5.41, 5.74) is 6.15. The SMILES string of the molecule is COC(=O)COc1ccc(CC(N)O)cc1. The van der Waals surface area contributed by atoms with Crippen LogP contribution in [0.2, 0.25) is 0 Å². The van der Waals surface area contributed by atoms with E-state index in [0.29, 0.717) is 12.2 Å². The number of nitrogens with two attached hydrogens (primary N) is 1. The molecular weight excluding hydrogens is 210 g/mol. The number of hydrogen-bond donors (Lipinski definition) is 2. The van der Waals surface area contributed by atoms with Crippen molar-refractivity contribution in [3.8, 4) is 5.75 Å². The fourth-order valence-corrected chi connectivity index (χ4v) is 1.16. The van der Waals surface area contributed by atoms with E-state index in [1.165, 1.54) is 7.11 Å². The van der Waals surface area contributed by atoms with Crippen LogP contribution in [0.4, 0.5) is 0 Å². The average Bonchev–Trinajstić information content (AvgIpc) is 2.27. The molecule has 1 aromatic carbocycles. The lowest BCUT2D eigenvalue weighted by molar-refractivity contribution is -0.142. The molecule has 1 atom stereocenters. The van der Waals surface area contributed by atoms with E-state index in [2.05, 4.69) is 4.74 Å². The summed E-state index contributed by atoms with van der Waals surface area (Å²) in [5.74, 6) is 0.141. The Morgan fingerprint density at radius 3 is 2.56 bits per heavy atom. The van der Waals surface area contributed by atoms with Crippen LogP contribution >= 0.6 is 0 Å². The number of methoxy groups -OCH3 is 1. The number of ether oxygens (including phenoxy) is 2. The predicted molar refractivity (Wildman–Crippen MR) is 57.9 cm³/mol. The number of aliphatic hydroxyl groups excluding tert-OH is 1. The first-order chi connectivity index (χ1) is 7.61. The summed E-state index contributed by atoms with van der Waals surface area (Å²) in [6.45, 7) is -0.116. The molecule has 0 amide bonds. The van der Waals surface area contributed by atoms with E-state index in [9.17, 15) is 4.79 Å². The van der Waals surface area contributed by atoms with Gasteiger partial charge >= 0.3 is 5.97 Å². The molecule has 3 N–H and O–H groups in total. The van der Waals surface area contributed by atoms with Crippen LogP contribution in [0.15, 0.2) is 24.3 Å². The molecule has 0 spiro atoms. The van der Waals surface area contributed by atoms with E-state index in [0.717, 1.165) is 5.56 Å². The third kappa shape index (κ3) is 4.29. The number of rotatable bonds is 5. The predicted octanol–water partition coefficient (Wildman–Crippen LogP) is 0.0580. The Morgan fingerprint density at radius 1 is 1.44 bits per heavy atom. The summed E-state index contributed by atoms with van der Waals surface area (Å²) < 4.78 is 9.59. The number of carbonyl (C=O) groups excluding carboxylic acids is 1. The van der Waals surface area contributed by atoms with Gasteiger partial charge in [0.15, 0.2) is 6.61 Å². The Morgan fingerprint density at radius 2 is 2.06 bits per heavy atom. The van der Waals surface area contributed by atoms with E-state index in [4.69, 9.17) is 15.6 Å². The highest BCUT2D eigenvalue weighted by Gasteiger charge is 2.02. The zero-order chi connectivity index (χ0) is 12.0. The maximum atomic E-state index is 10.8. The van der Waals surface area contributed by atoms with Gasteiger partial charge in [0.25, 0.3) is 0 Å². The van der Waals surface area contributed by atoms with Crippen molar-refractivity contribution < 1.29 is 19.4 Å². The second-order valence-electron chi connectivity index (χ2n) is 3.28. The van der Waals surface area contributed by atoms with Gasteiger partial charge in [-0.1, -0.05) is 12.1 Å². The van der Waals surface area contributed by atoms with Crippen LogP contribution in [0.5, 0.6) is 5.75 Å². The Hall–Kier alpha value is -1.59. The van der Waals surface area contributed by atoms with Crippen molar-refractivity contribution in [2.75, 3.05) is 13.7 Å². The van der Waals surface area contributed by atoms with Gasteiger partial charge < -0.3 is 20.3 Å². The lowest BCUT2D eigenvalue weighted by atomic mass is 10.1. The zero-order valence-electron chi connectivity index (χ0n) is 9.05. The molecule has 0 saturated carbocycles. The Labute approximate surface area is 93.8 Å². The average molecular weight is 225 g/mol. The maximum Gasteiger partial charge on any atom is 0.343 e. The van der Waals surface area contributed by atoms with E-state index < -0.39 is 12.2 Å². The van der Waals surface area contributed by atoms with Crippen molar-refractivity contribution in [2.24, 2.45) is 5.73 Å². The summed E-state index contributed by atoms with van der Waals surface area (Å²) in [6.07, 6.45) is -0.473. The van der Waals surface area contributed by atoms with Gasteiger partial charge in [0, 0.05) is 6.42 Å². The van der Waals surface area contributed by atoms with Crippen molar-refractivity contribution in [1.29, 1.82) is 0 Å². The first kappa shape index (κ1) is 12.5. The van der Waals surface area contributed by atoms with E-state index >= 15 is 0 Å². The molecule has 0 heterocycles. The smallest absolute Gasteiger partial charge is 0.343 e. The quantitative estimate of drug-likeness (QED) is 0.547. The number of benzene rings is 1. The van der Waals surface area contributed by atoms with Crippen molar-refractivity contribution in [2.45, 2.75) is 12.6 Å². The number of hydrogen-bond acceptors (Lipinski definition) is 5. The van der Waals surface area contributed by atoms with E-state index in [1.807, 2.05) is 0 Å². The molecule has 1 aromatic rings. The molecule has 0 aliphatic rings. The standard InChI is InChI=1S/C11H15NO4/c1-15-11(14)7-16-9-4-2-8(3-5-9)6-10(12)13/h2-5,10,13H,6-7,12H2,1H3. The summed E-state index contributed by atoms with van der Waals surface area (Å²) in [6, 6.07) is 6.98. The summed E-state index contributed by atoms with van der Waals surface area (Å²) in [5, 5.41) is 8.97. The van der Waals surface area contributed by atoms with Crippen molar-refractivity contribution in [3.63, 3.8) is 0 Å². The molecule has 0 aliphatic carbocycles. The lowest BCUT2D eigenvalue weighted by Gasteiger charge is -2.07. The molecule has 5 heteroatoms. The second kappa shape index (κ2) is 6.09. The lowest BCUT2D eigenvalue weighted by Crippen LogP contribution is -2.21. The first-order valence-electron chi connectivity index (χ1n) is 4.84. The molecule has 5 nitrogen and oxygen atoms in total. The first-order valence-corrected chi connectivity index (χ1v) is 4.84. The Kier molecular flexibility index (Phi) is 4.75. The summed E-state index contributed by atoms with van der Waals surface area (Å²) >= 11 is 0. The molecule has 0 fully saturated rings. The fourth-order valence-electron chi connectivity index (χ4n) is 1.16. The minimum absolute atomic E-state index is 0.116. The van der Waals surface area contributed by atoms with Crippen LogP contribution < -0.4 is 10.5 Å². The highest BCUT2D eigenvalue weighted by Crippen LogP contribution is 2.12. The Balaban J connectivity index is 2.48. The highest BCUT2D eigenvalue weighted by molar-refractivity contribution is 5.70. The van der Waals surface area contributed by atoms with E-state index in [1.54, 1.807) is 24.3 Å². The molecular formula is C11H15NO4. The molecule has 0 bridgehead atoms. The number of esters is 1. The normalized spacial score (nSPS) is 11.9. The summed E-state index contributed by atoms with van der Waals surface area (Å²) in [7, 11) is 1.30. The van der Waals surface area contributed by atoms with Crippen molar-refractivity contribution in [3.05, 3.63) is 29.8 Å². The van der Waals surface area contributed by atoms with E-state index in [-0.39, 0.29) is 6.61 Å². The van der Waals surface area contributed by atoms with Gasteiger partial charge in [0.05, 0.1) is 7.11 Å². The topological polar surface area (TPSA) is 81.8 Å². The highest BCUT2D eigenvalue weighted by atomic mass is 16.6. The minimum Gasteiger partial charge on any atom is -0.482 e. The largest absolute Gasteiger partial charge is 0.482 e. The molecule has 1 rings (SSSR count). The molecule has 88 valence electrons. The van der Waals surface area contributed by atoms with Crippen LogP contribution in [0.3, 0.4) is 0 Å². The van der Waals surface area contributed by atoms with Crippen LogP contribution in [0.1, 0.15) is 5.56 Å². The van der Waals surface area contributed by atoms with Crippen LogP contribution in [0, 0.1) is 0 Å². The van der Waals surface area contributed by atoms with Crippen LogP contribution in [-0.4, -0.2) is 31.0 Å². The molecule has 1 unspecified atom stereocenters. The summed E-state index contributed by atoms with van der Waals surface area (Å²) in [4.78, 5) is 10.8. The monoisotopic (exact) mass is 225 g/mol. The molecule has 0 aliphatic heterocycles. The zero-order valence-corrected chi connectivity index (χ0v) is 9.05. The fraction of sp³-hybridized carbons (Fsp3) is 0.364. The third-order valence-corrected chi connectivity index (χ3v) is 1.95. The molecule has 0 radical (unpaired) electrons. The Bertz CT molecular complexity index is 334. The van der Waals surface area contributed by atoms with Gasteiger partial charge in [-0.25, -0.2) is 4.79 Å². The maximum absolute atomic E-state index is 10.8. The van der Waals surface area contributed by atoms with Crippen LogP contribution in [0.25, 0.3) is 0 Å². The third-order valence-electron chi connectivity index (χ3n) is 1.95.